The quantitative estimate of drug-likeness (QED) is 0.822. The molecule has 116 valence electrons. The third-order valence-corrected chi connectivity index (χ3v) is 3.57. The SMILES string of the molecule is CN(C)CCN(Cc1ccc(Cl)cc1)C(=O)c1ccncc1. The third-order valence-electron chi connectivity index (χ3n) is 3.32. The van der Waals surface area contributed by atoms with Crippen LogP contribution >= 0.6 is 11.6 Å². The lowest BCUT2D eigenvalue weighted by Crippen LogP contribution is -2.36. The summed E-state index contributed by atoms with van der Waals surface area (Å²) in [6.07, 6.45) is 3.28. The largest absolute Gasteiger partial charge is 0.333 e. The van der Waals surface area contributed by atoms with Gasteiger partial charge in [0.05, 0.1) is 0 Å². The summed E-state index contributed by atoms with van der Waals surface area (Å²) in [5.41, 5.74) is 1.72. The molecule has 1 amide bonds. The second-order valence-electron chi connectivity index (χ2n) is 5.39. The molecule has 0 radical (unpaired) electrons. The molecule has 0 aliphatic carbocycles. The van der Waals surface area contributed by atoms with Crippen LogP contribution in [-0.4, -0.2) is 47.9 Å². The van der Waals surface area contributed by atoms with E-state index in [0.717, 1.165) is 12.1 Å². The van der Waals surface area contributed by atoms with E-state index >= 15 is 0 Å². The van der Waals surface area contributed by atoms with Gasteiger partial charge in [-0.2, -0.15) is 0 Å². The lowest BCUT2D eigenvalue weighted by Gasteiger charge is -2.24. The summed E-state index contributed by atoms with van der Waals surface area (Å²) in [5.74, 6) is 0.0131. The summed E-state index contributed by atoms with van der Waals surface area (Å²) in [6, 6.07) is 11.1. The predicted molar refractivity (Wildman–Crippen MR) is 89.0 cm³/mol. The Hall–Kier alpha value is -1.91. The zero-order chi connectivity index (χ0) is 15.9. The molecule has 0 saturated heterocycles. The summed E-state index contributed by atoms with van der Waals surface area (Å²) in [4.78, 5) is 20.6. The van der Waals surface area contributed by atoms with Crippen LogP contribution in [0.2, 0.25) is 5.02 Å². The molecule has 1 heterocycles. The highest BCUT2D eigenvalue weighted by Gasteiger charge is 2.16. The fourth-order valence-electron chi connectivity index (χ4n) is 2.06. The first kappa shape index (κ1) is 16.5. The van der Waals surface area contributed by atoms with Crippen LogP contribution < -0.4 is 0 Å². The number of nitrogens with zero attached hydrogens (tertiary/aromatic N) is 3. The van der Waals surface area contributed by atoms with Gasteiger partial charge in [-0.1, -0.05) is 23.7 Å². The minimum Gasteiger partial charge on any atom is -0.333 e. The summed E-state index contributed by atoms with van der Waals surface area (Å²) in [7, 11) is 3.99. The van der Waals surface area contributed by atoms with Gasteiger partial charge in [-0.25, -0.2) is 0 Å². The van der Waals surface area contributed by atoms with Gasteiger partial charge in [-0.05, 0) is 43.9 Å². The molecule has 0 aliphatic rings. The Morgan fingerprint density at radius 2 is 1.68 bits per heavy atom. The molecule has 2 rings (SSSR count). The van der Waals surface area contributed by atoms with Gasteiger partial charge >= 0.3 is 0 Å². The molecule has 2 aromatic rings. The Morgan fingerprint density at radius 3 is 2.27 bits per heavy atom. The van der Waals surface area contributed by atoms with Gasteiger partial charge < -0.3 is 9.80 Å². The van der Waals surface area contributed by atoms with E-state index in [-0.39, 0.29) is 5.91 Å². The molecule has 0 unspecified atom stereocenters. The van der Waals surface area contributed by atoms with Gasteiger partial charge in [-0.15, -0.1) is 0 Å². The molecule has 1 aromatic heterocycles. The van der Waals surface area contributed by atoms with E-state index in [4.69, 9.17) is 11.6 Å². The number of hydrogen-bond acceptors (Lipinski definition) is 3. The topological polar surface area (TPSA) is 36.4 Å². The van der Waals surface area contributed by atoms with Crippen molar-refractivity contribution >= 4 is 17.5 Å². The molecule has 0 atom stereocenters. The molecule has 22 heavy (non-hydrogen) atoms. The Labute approximate surface area is 136 Å². The van der Waals surface area contributed by atoms with E-state index in [1.807, 2.05) is 43.3 Å². The number of benzene rings is 1. The molecular formula is C17H20ClN3O. The van der Waals surface area contributed by atoms with Crippen LogP contribution in [0.5, 0.6) is 0 Å². The number of aromatic nitrogens is 1. The van der Waals surface area contributed by atoms with E-state index in [9.17, 15) is 4.79 Å². The third kappa shape index (κ3) is 4.83. The first-order chi connectivity index (χ1) is 10.6. The standard InChI is InChI=1S/C17H20ClN3O/c1-20(2)11-12-21(13-14-3-5-16(18)6-4-14)17(22)15-7-9-19-10-8-15/h3-10H,11-13H2,1-2H3. The first-order valence-electron chi connectivity index (χ1n) is 7.15. The highest BCUT2D eigenvalue weighted by atomic mass is 35.5. The van der Waals surface area contributed by atoms with Crippen molar-refractivity contribution in [3.8, 4) is 0 Å². The van der Waals surface area contributed by atoms with Crippen molar-refractivity contribution in [2.24, 2.45) is 0 Å². The van der Waals surface area contributed by atoms with Crippen LogP contribution in [0.25, 0.3) is 0 Å². The van der Waals surface area contributed by atoms with Crippen LogP contribution in [0.1, 0.15) is 15.9 Å². The predicted octanol–water partition coefficient (Wildman–Crippen LogP) is 2.94. The van der Waals surface area contributed by atoms with E-state index in [2.05, 4.69) is 9.88 Å². The van der Waals surface area contributed by atoms with Gasteiger partial charge in [0, 0.05) is 42.6 Å². The average molecular weight is 318 g/mol. The Bertz CT molecular complexity index is 599. The smallest absolute Gasteiger partial charge is 0.254 e. The summed E-state index contributed by atoms with van der Waals surface area (Å²) >= 11 is 5.92. The zero-order valence-corrected chi connectivity index (χ0v) is 13.6. The zero-order valence-electron chi connectivity index (χ0n) is 12.9. The molecule has 0 spiro atoms. The second kappa shape index (κ2) is 7.92. The van der Waals surface area contributed by atoms with Crippen molar-refractivity contribution < 1.29 is 4.79 Å². The molecule has 4 nitrogen and oxygen atoms in total. The Kier molecular flexibility index (Phi) is 5.92. The van der Waals surface area contributed by atoms with E-state index in [1.165, 1.54) is 0 Å². The average Bonchev–Trinajstić information content (AvgIpc) is 2.53. The molecule has 5 heteroatoms. The minimum atomic E-state index is 0.0131. The van der Waals surface area contributed by atoms with E-state index in [0.29, 0.717) is 23.7 Å². The van der Waals surface area contributed by atoms with Crippen LogP contribution in [0.3, 0.4) is 0 Å². The van der Waals surface area contributed by atoms with Gasteiger partial charge in [0.1, 0.15) is 0 Å². The molecule has 0 bridgehead atoms. The molecule has 0 fully saturated rings. The van der Waals surface area contributed by atoms with E-state index in [1.54, 1.807) is 24.5 Å². The number of hydrogen-bond donors (Lipinski definition) is 0. The van der Waals surface area contributed by atoms with Gasteiger partial charge in [0.25, 0.3) is 5.91 Å². The summed E-state index contributed by atoms with van der Waals surface area (Å²) in [5, 5.41) is 0.698. The fourth-order valence-corrected chi connectivity index (χ4v) is 2.19. The number of likely N-dealkylation sites (N-methyl/N-ethyl adjacent to an activating group) is 1. The van der Waals surface area contributed by atoms with Crippen molar-refractivity contribution in [3.63, 3.8) is 0 Å². The number of amides is 1. The molecular weight excluding hydrogens is 298 g/mol. The van der Waals surface area contributed by atoms with Crippen LogP contribution in [0.15, 0.2) is 48.8 Å². The lowest BCUT2D eigenvalue weighted by molar-refractivity contribution is 0.0732. The highest BCUT2D eigenvalue weighted by molar-refractivity contribution is 6.30. The Balaban J connectivity index is 2.14. The van der Waals surface area contributed by atoms with E-state index < -0.39 is 0 Å². The van der Waals surface area contributed by atoms with Crippen LogP contribution in [-0.2, 0) is 6.54 Å². The van der Waals surface area contributed by atoms with Crippen LogP contribution in [0.4, 0.5) is 0 Å². The maximum Gasteiger partial charge on any atom is 0.254 e. The van der Waals surface area contributed by atoms with Gasteiger partial charge in [-0.3, -0.25) is 9.78 Å². The van der Waals surface area contributed by atoms with Gasteiger partial charge in [0.2, 0.25) is 0 Å². The maximum absolute atomic E-state index is 12.7. The number of carbonyl (C=O) groups excluding carboxylic acids is 1. The number of rotatable bonds is 6. The van der Waals surface area contributed by atoms with Crippen molar-refractivity contribution in [1.82, 2.24) is 14.8 Å². The van der Waals surface area contributed by atoms with Gasteiger partial charge in [0.15, 0.2) is 0 Å². The molecule has 0 saturated carbocycles. The number of halogens is 1. The monoisotopic (exact) mass is 317 g/mol. The number of carbonyl (C=O) groups is 1. The normalized spacial score (nSPS) is 10.7. The Morgan fingerprint density at radius 1 is 1.05 bits per heavy atom. The minimum absolute atomic E-state index is 0.0131. The lowest BCUT2D eigenvalue weighted by atomic mass is 10.2. The molecule has 1 aromatic carbocycles. The molecule has 0 aliphatic heterocycles. The second-order valence-corrected chi connectivity index (χ2v) is 5.83. The van der Waals surface area contributed by atoms with Crippen molar-refractivity contribution in [2.75, 3.05) is 27.2 Å². The summed E-state index contributed by atoms with van der Waals surface area (Å²) < 4.78 is 0. The first-order valence-corrected chi connectivity index (χ1v) is 7.52. The number of pyridine rings is 1. The van der Waals surface area contributed by atoms with Crippen molar-refractivity contribution in [3.05, 3.63) is 64.9 Å². The highest BCUT2D eigenvalue weighted by Crippen LogP contribution is 2.13. The molecule has 0 N–H and O–H groups in total. The summed E-state index contributed by atoms with van der Waals surface area (Å²) in [6.45, 7) is 2.04. The maximum atomic E-state index is 12.7. The fraction of sp³-hybridized carbons (Fsp3) is 0.294. The van der Waals surface area contributed by atoms with Crippen molar-refractivity contribution in [2.45, 2.75) is 6.54 Å². The van der Waals surface area contributed by atoms with Crippen molar-refractivity contribution in [1.29, 1.82) is 0 Å². The van der Waals surface area contributed by atoms with Crippen LogP contribution in [0, 0.1) is 0 Å².